The van der Waals surface area contributed by atoms with Crippen molar-refractivity contribution in [1.29, 1.82) is 0 Å². The van der Waals surface area contributed by atoms with Gasteiger partial charge in [0.2, 0.25) is 5.95 Å². The second kappa shape index (κ2) is 3.49. The molecular formula is C10H12N4. The quantitative estimate of drug-likeness (QED) is 0.759. The standard InChI is InChI=1S/C10H12N4/c1-7-3-4-11-6-9(7)14-10-12-5-8(2)13-10/h3-6H,1-2H3,(H2,12,13,14). The highest BCUT2D eigenvalue weighted by Crippen LogP contribution is 2.15. The largest absolute Gasteiger partial charge is 0.328 e. The summed E-state index contributed by atoms with van der Waals surface area (Å²) in [5.74, 6) is 0.749. The van der Waals surface area contributed by atoms with Gasteiger partial charge in [-0.05, 0) is 25.5 Å². The third-order valence-corrected chi connectivity index (χ3v) is 2.00. The van der Waals surface area contributed by atoms with Crippen molar-refractivity contribution < 1.29 is 0 Å². The molecule has 0 aliphatic heterocycles. The van der Waals surface area contributed by atoms with E-state index >= 15 is 0 Å². The van der Waals surface area contributed by atoms with Crippen LogP contribution in [0.5, 0.6) is 0 Å². The van der Waals surface area contributed by atoms with Gasteiger partial charge in [0.05, 0.1) is 11.9 Å². The van der Waals surface area contributed by atoms with Gasteiger partial charge in [-0.3, -0.25) is 4.98 Å². The topological polar surface area (TPSA) is 53.6 Å². The van der Waals surface area contributed by atoms with Crippen molar-refractivity contribution >= 4 is 11.6 Å². The summed E-state index contributed by atoms with van der Waals surface area (Å²) in [5, 5.41) is 3.16. The number of imidazole rings is 1. The molecular weight excluding hydrogens is 176 g/mol. The van der Waals surface area contributed by atoms with Crippen LogP contribution in [-0.4, -0.2) is 15.0 Å². The molecule has 0 spiro atoms. The first kappa shape index (κ1) is 8.74. The maximum Gasteiger partial charge on any atom is 0.204 e. The lowest BCUT2D eigenvalue weighted by Crippen LogP contribution is -1.95. The number of aromatic amines is 1. The third kappa shape index (κ3) is 1.74. The molecule has 0 aliphatic rings. The van der Waals surface area contributed by atoms with E-state index in [1.54, 1.807) is 18.6 Å². The zero-order valence-electron chi connectivity index (χ0n) is 8.20. The predicted octanol–water partition coefficient (Wildman–Crippen LogP) is 2.17. The fraction of sp³-hybridized carbons (Fsp3) is 0.200. The highest BCUT2D eigenvalue weighted by Gasteiger charge is 2.00. The molecule has 2 aromatic rings. The molecule has 0 aromatic carbocycles. The Morgan fingerprint density at radius 3 is 2.79 bits per heavy atom. The van der Waals surface area contributed by atoms with Gasteiger partial charge in [-0.2, -0.15) is 0 Å². The minimum absolute atomic E-state index is 0.749. The third-order valence-electron chi connectivity index (χ3n) is 2.00. The van der Waals surface area contributed by atoms with E-state index in [0.717, 1.165) is 22.9 Å². The lowest BCUT2D eigenvalue weighted by atomic mass is 10.2. The zero-order valence-corrected chi connectivity index (χ0v) is 8.20. The lowest BCUT2D eigenvalue weighted by Gasteiger charge is -2.04. The predicted molar refractivity (Wildman–Crippen MR) is 55.6 cm³/mol. The molecule has 0 saturated heterocycles. The molecule has 2 N–H and O–H groups in total. The number of nitrogens with zero attached hydrogens (tertiary/aromatic N) is 2. The molecule has 0 aliphatic carbocycles. The number of hydrogen-bond acceptors (Lipinski definition) is 3. The molecule has 0 saturated carbocycles. The van der Waals surface area contributed by atoms with Crippen molar-refractivity contribution in [2.45, 2.75) is 13.8 Å². The molecule has 2 aromatic heterocycles. The Morgan fingerprint density at radius 2 is 2.14 bits per heavy atom. The van der Waals surface area contributed by atoms with Gasteiger partial charge in [-0.15, -0.1) is 0 Å². The SMILES string of the molecule is Cc1cnc(Nc2cnccc2C)[nH]1. The van der Waals surface area contributed by atoms with Crippen LogP contribution in [0.2, 0.25) is 0 Å². The lowest BCUT2D eigenvalue weighted by molar-refractivity contribution is 1.22. The summed E-state index contributed by atoms with van der Waals surface area (Å²) in [4.78, 5) is 11.3. The minimum atomic E-state index is 0.749. The van der Waals surface area contributed by atoms with E-state index in [1.807, 2.05) is 19.9 Å². The number of hydrogen-bond donors (Lipinski definition) is 2. The van der Waals surface area contributed by atoms with Crippen LogP contribution in [0, 0.1) is 13.8 Å². The number of pyridine rings is 1. The highest BCUT2D eigenvalue weighted by molar-refractivity contribution is 5.56. The van der Waals surface area contributed by atoms with Crippen molar-refractivity contribution in [2.24, 2.45) is 0 Å². The molecule has 2 heterocycles. The molecule has 4 heteroatoms. The summed E-state index contributed by atoms with van der Waals surface area (Å²) >= 11 is 0. The van der Waals surface area contributed by atoms with Gasteiger partial charge in [0.1, 0.15) is 0 Å². The summed E-state index contributed by atoms with van der Waals surface area (Å²) in [6, 6.07) is 1.96. The van der Waals surface area contributed by atoms with E-state index in [4.69, 9.17) is 0 Å². The number of anilines is 2. The van der Waals surface area contributed by atoms with E-state index in [0.29, 0.717) is 0 Å². The van der Waals surface area contributed by atoms with E-state index < -0.39 is 0 Å². The Hall–Kier alpha value is -1.84. The summed E-state index contributed by atoms with van der Waals surface area (Å²) in [6.45, 7) is 3.99. The minimum Gasteiger partial charge on any atom is -0.328 e. The summed E-state index contributed by atoms with van der Waals surface area (Å²) in [7, 11) is 0. The zero-order chi connectivity index (χ0) is 9.97. The molecule has 0 radical (unpaired) electrons. The van der Waals surface area contributed by atoms with Crippen molar-refractivity contribution in [2.75, 3.05) is 5.32 Å². The number of aromatic nitrogens is 3. The van der Waals surface area contributed by atoms with Crippen LogP contribution < -0.4 is 5.32 Å². The monoisotopic (exact) mass is 188 g/mol. The summed E-state index contributed by atoms with van der Waals surface area (Å²) < 4.78 is 0. The summed E-state index contributed by atoms with van der Waals surface area (Å²) in [6.07, 6.45) is 5.34. The number of nitrogens with one attached hydrogen (secondary N) is 2. The molecule has 0 unspecified atom stereocenters. The molecule has 4 nitrogen and oxygen atoms in total. The van der Waals surface area contributed by atoms with Crippen LogP contribution in [0.15, 0.2) is 24.7 Å². The fourth-order valence-corrected chi connectivity index (χ4v) is 1.20. The first-order valence-corrected chi connectivity index (χ1v) is 4.45. The Balaban J connectivity index is 2.23. The van der Waals surface area contributed by atoms with Gasteiger partial charge in [0.15, 0.2) is 0 Å². The molecule has 0 fully saturated rings. The van der Waals surface area contributed by atoms with Crippen LogP contribution in [-0.2, 0) is 0 Å². The Morgan fingerprint density at radius 1 is 1.29 bits per heavy atom. The smallest absolute Gasteiger partial charge is 0.204 e. The average molecular weight is 188 g/mol. The van der Waals surface area contributed by atoms with Gasteiger partial charge >= 0.3 is 0 Å². The van der Waals surface area contributed by atoms with Crippen molar-refractivity contribution in [3.63, 3.8) is 0 Å². The summed E-state index contributed by atoms with van der Waals surface area (Å²) in [5.41, 5.74) is 3.16. The van der Waals surface area contributed by atoms with E-state index in [2.05, 4.69) is 20.3 Å². The van der Waals surface area contributed by atoms with Gasteiger partial charge < -0.3 is 10.3 Å². The number of rotatable bonds is 2. The second-order valence-corrected chi connectivity index (χ2v) is 3.23. The van der Waals surface area contributed by atoms with Gasteiger partial charge in [0.25, 0.3) is 0 Å². The molecule has 14 heavy (non-hydrogen) atoms. The van der Waals surface area contributed by atoms with Crippen LogP contribution in [0.1, 0.15) is 11.3 Å². The Kier molecular flexibility index (Phi) is 2.18. The van der Waals surface area contributed by atoms with Crippen molar-refractivity contribution in [1.82, 2.24) is 15.0 Å². The number of aryl methyl sites for hydroxylation is 2. The van der Waals surface area contributed by atoms with E-state index in [9.17, 15) is 0 Å². The van der Waals surface area contributed by atoms with E-state index in [1.165, 1.54) is 0 Å². The van der Waals surface area contributed by atoms with Crippen molar-refractivity contribution in [3.8, 4) is 0 Å². The van der Waals surface area contributed by atoms with Crippen LogP contribution in [0.3, 0.4) is 0 Å². The molecule has 0 bridgehead atoms. The van der Waals surface area contributed by atoms with E-state index in [-0.39, 0.29) is 0 Å². The van der Waals surface area contributed by atoms with Crippen LogP contribution in [0.25, 0.3) is 0 Å². The Labute approximate surface area is 82.4 Å². The van der Waals surface area contributed by atoms with Gasteiger partial charge in [-0.25, -0.2) is 4.98 Å². The first-order chi connectivity index (χ1) is 6.75. The average Bonchev–Trinajstić information content (AvgIpc) is 2.56. The highest BCUT2D eigenvalue weighted by atomic mass is 15.1. The van der Waals surface area contributed by atoms with Gasteiger partial charge in [-0.1, -0.05) is 0 Å². The Bertz CT molecular complexity index is 433. The maximum absolute atomic E-state index is 4.16. The molecule has 0 amide bonds. The molecule has 2 rings (SSSR count). The van der Waals surface area contributed by atoms with Crippen LogP contribution >= 0.6 is 0 Å². The fourth-order valence-electron chi connectivity index (χ4n) is 1.20. The number of H-pyrrole nitrogens is 1. The second-order valence-electron chi connectivity index (χ2n) is 3.23. The van der Waals surface area contributed by atoms with Gasteiger partial charge in [0, 0.05) is 18.1 Å². The molecule has 72 valence electrons. The van der Waals surface area contributed by atoms with Crippen molar-refractivity contribution in [3.05, 3.63) is 35.9 Å². The normalized spacial score (nSPS) is 10.1. The molecule has 0 atom stereocenters. The first-order valence-electron chi connectivity index (χ1n) is 4.45. The van der Waals surface area contributed by atoms with Crippen LogP contribution in [0.4, 0.5) is 11.6 Å². The maximum atomic E-state index is 4.16.